The summed E-state index contributed by atoms with van der Waals surface area (Å²) in [5.41, 5.74) is 2.09. The highest BCUT2D eigenvalue weighted by atomic mass is 32.2. The molecule has 13 heteroatoms. The van der Waals surface area contributed by atoms with Gasteiger partial charge in [0.15, 0.2) is 5.01 Å². The molecule has 2 unspecified atom stereocenters. The second kappa shape index (κ2) is 11.8. The van der Waals surface area contributed by atoms with Gasteiger partial charge >= 0.3 is 6.18 Å². The van der Waals surface area contributed by atoms with Crippen molar-refractivity contribution in [3.63, 3.8) is 0 Å². The molecule has 7 nitrogen and oxygen atoms in total. The maximum atomic E-state index is 14.8. The molecule has 214 valence electrons. The summed E-state index contributed by atoms with van der Waals surface area (Å²) in [5.74, 6) is 0.682. The molecule has 5 rings (SSSR count). The molecule has 0 radical (unpaired) electrons. The van der Waals surface area contributed by atoms with Crippen LogP contribution in [0.4, 0.5) is 28.9 Å². The van der Waals surface area contributed by atoms with Crippen molar-refractivity contribution in [1.29, 1.82) is 0 Å². The van der Waals surface area contributed by atoms with Crippen LogP contribution in [0.3, 0.4) is 0 Å². The van der Waals surface area contributed by atoms with E-state index in [2.05, 4.69) is 20.8 Å². The van der Waals surface area contributed by atoms with Gasteiger partial charge in [-0.25, -0.2) is 4.39 Å². The maximum Gasteiger partial charge on any atom is 0.406 e. The monoisotopic (exact) mass is 594 g/mol. The Labute approximate surface area is 237 Å². The summed E-state index contributed by atoms with van der Waals surface area (Å²) in [7, 11) is 3.47. The van der Waals surface area contributed by atoms with Crippen LogP contribution in [0.15, 0.2) is 47.4 Å². The van der Waals surface area contributed by atoms with Gasteiger partial charge in [0.25, 0.3) is 0 Å². The van der Waals surface area contributed by atoms with Crippen LogP contribution in [-0.4, -0.2) is 71.6 Å². The third-order valence-electron chi connectivity index (χ3n) is 6.89. The lowest BCUT2D eigenvalue weighted by Crippen LogP contribution is -2.46. The van der Waals surface area contributed by atoms with Crippen molar-refractivity contribution < 1.29 is 22.3 Å². The highest BCUT2D eigenvalue weighted by Crippen LogP contribution is 2.37. The van der Waals surface area contributed by atoms with Gasteiger partial charge in [-0.15, -0.1) is 22.0 Å². The van der Waals surface area contributed by atoms with Gasteiger partial charge < -0.3 is 24.8 Å². The van der Waals surface area contributed by atoms with E-state index in [1.54, 1.807) is 43.1 Å². The summed E-state index contributed by atoms with van der Waals surface area (Å²) in [6, 6.07) is 12.2. The molecule has 40 heavy (non-hydrogen) atoms. The van der Waals surface area contributed by atoms with Gasteiger partial charge in [0.05, 0.1) is 36.6 Å². The van der Waals surface area contributed by atoms with Crippen LogP contribution in [0.25, 0.3) is 21.6 Å². The second-order valence-electron chi connectivity index (χ2n) is 9.71. The number of rotatable bonds is 9. The minimum absolute atomic E-state index is 0.309. The molecule has 1 fully saturated rings. The number of nitrogens with zero attached hydrogens (tertiary/aromatic N) is 4. The topological polar surface area (TPSA) is 67.2 Å². The lowest BCUT2D eigenvalue weighted by atomic mass is 10.0. The number of fused-ring (bicyclic) bond motifs is 1. The van der Waals surface area contributed by atoms with E-state index in [0.29, 0.717) is 57.6 Å². The molecule has 3 heterocycles. The predicted molar refractivity (Wildman–Crippen MR) is 153 cm³/mol. The molecule has 1 saturated heterocycles. The largest absolute Gasteiger partial charge is 0.495 e. The van der Waals surface area contributed by atoms with Crippen molar-refractivity contribution >= 4 is 45.4 Å². The number of likely N-dealkylation sites (tertiary alicyclic amines) is 1. The first-order chi connectivity index (χ1) is 19.1. The number of anilines is 2. The van der Waals surface area contributed by atoms with Crippen LogP contribution in [0, 0.1) is 0 Å². The molecule has 0 amide bonds. The summed E-state index contributed by atoms with van der Waals surface area (Å²) in [5, 5.41) is 16.6. The Hall–Kier alpha value is -3.03. The SMILES string of the molecule is COc1cc(SC)ccc1NCc1nnc(-c2cc3c(NC4CCN(C)CC4F)cccc3n2CC(F)(F)F)s1. The van der Waals surface area contributed by atoms with Crippen molar-refractivity contribution in [2.24, 2.45) is 0 Å². The maximum absolute atomic E-state index is 14.8. The van der Waals surface area contributed by atoms with Gasteiger partial charge in [0.2, 0.25) is 0 Å². The third kappa shape index (κ3) is 6.31. The number of aromatic nitrogens is 3. The van der Waals surface area contributed by atoms with E-state index in [1.807, 2.05) is 36.4 Å². The number of methoxy groups -OCH3 is 1. The highest BCUT2D eigenvalue weighted by Gasteiger charge is 2.32. The van der Waals surface area contributed by atoms with Gasteiger partial charge in [-0.2, -0.15) is 13.2 Å². The molecular weight excluding hydrogens is 564 g/mol. The molecule has 2 N–H and O–H groups in total. The fourth-order valence-electron chi connectivity index (χ4n) is 4.90. The molecule has 0 aliphatic carbocycles. The molecule has 1 aliphatic rings. The number of piperidine rings is 1. The molecule has 0 saturated carbocycles. The molecule has 2 aromatic heterocycles. The van der Waals surface area contributed by atoms with Crippen LogP contribution < -0.4 is 15.4 Å². The van der Waals surface area contributed by atoms with Gasteiger partial charge in [0, 0.05) is 29.1 Å². The fraction of sp³-hybridized carbons (Fsp3) is 0.407. The van der Waals surface area contributed by atoms with E-state index in [0.717, 1.165) is 17.1 Å². The average molecular weight is 595 g/mol. The first-order valence-corrected chi connectivity index (χ1v) is 14.8. The number of ether oxygens (including phenoxy) is 1. The molecule has 4 aromatic rings. The Morgan fingerprint density at radius 1 is 1.15 bits per heavy atom. The van der Waals surface area contributed by atoms with Crippen molar-refractivity contribution in [2.45, 2.75) is 42.8 Å². The van der Waals surface area contributed by atoms with Crippen LogP contribution in [-0.2, 0) is 13.1 Å². The minimum Gasteiger partial charge on any atom is -0.495 e. The second-order valence-corrected chi connectivity index (χ2v) is 11.6. The zero-order valence-electron chi connectivity index (χ0n) is 22.3. The Morgan fingerprint density at radius 2 is 1.98 bits per heavy atom. The number of thioether (sulfide) groups is 1. The lowest BCUT2D eigenvalue weighted by Gasteiger charge is -2.33. The molecular formula is C27H30F4N6OS2. The smallest absolute Gasteiger partial charge is 0.406 e. The molecule has 2 aromatic carbocycles. The molecule has 0 spiro atoms. The Balaban J connectivity index is 1.44. The molecule has 2 atom stereocenters. The van der Waals surface area contributed by atoms with E-state index in [9.17, 15) is 17.6 Å². The van der Waals surface area contributed by atoms with Crippen molar-refractivity contribution in [1.82, 2.24) is 19.7 Å². The van der Waals surface area contributed by atoms with Crippen molar-refractivity contribution in [3.8, 4) is 16.5 Å². The predicted octanol–water partition coefficient (Wildman–Crippen LogP) is 6.52. The van der Waals surface area contributed by atoms with Crippen LogP contribution in [0.5, 0.6) is 5.75 Å². The number of nitrogens with one attached hydrogen (secondary N) is 2. The number of hydrogen-bond acceptors (Lipinski definition) is 8. The van der Waals surface area contributed by atoms with E-state index in [1.165, 1.54) is 15.9 Å². The quantitative estimate of drug-likeness (QED) is 0.169. The van der Waals surface area contributed by atoms with Gasteiger partial charge in [0.1, 0.15) is 23.5 Å². The standard InChI is InChI=1S/C27H30F4N6OS2/c1-36-10-9-20(18(28)14-36)33-19-5-4-6-22-17(19)12-23(37(22)15-27(29,30)31)26-35-34-25(40-26)13-32-21-8-7-16(39-3)11-24(21)38-2/h4-8,11-12,18,20,32-33H,9-10,13-15H2,1-3H3. The zero-order chi connectivity index (χ0) is 28.4. The van der Waals surface area contributed by atoms with Crippen molar-refractivity contribution in [3.05, 3.63) is 47.5 Å². The first-order valence-electron chi connectivity index (χ1n) is 12.7. The highest BCUT2D eigenvalue weighted by molar-refractivity contribution is 7.98. The Bertz CT molecular complexity index is 1470. The van der Waals surface area contributed by atoms with Crippen molar-refractivity contribution in [2.75, 3.05) is 44.1 Å². The third-order valence-corrected chi connectivity index (χ3v) is 8.56. The first kappa shape index (κ1) is 28.5. The number of halogens is 4. The van der Waals surface area contributed by atoms with Gasteiger partial charge in [-0.1, -0.05) is 17.4 Å². The summed E-state index contributed by atoms with van der Waals surface area (Å²) in [4.78, 5) is 2.99. The summed E-state index contributed by atoms with van der Waals surface area (Å²) in [6.45, 7) is 0.196. The summed E-state index contributed by atoms with van der Waals surface area (Å²) < 4.78 is 62.5. The minimum atomic E-state index is -4.45. The lowest BCUT2D eigenvalue weighted by molar-refractivity contribution is -0.139. The molecule has 0 bridgehead atoms. The Kier molecular flexibility index (Phi) is 8.43. The summed E-state index contributed by atoms with van der Waals surface area (Å²) >= 11 is 2.82. The average Bonchev–Trinajstić information content (AvgIpc) is 3.53. The Morgan fingerprint density at radius 3 is 2.70 bits per heavy atom. The number of hydrogen-bond donors (Lipinski definition) is 2. The van der Waals surface area contributed by atoms with Gasteiger partial charge in [-0.05, 0) is 56.1 Å². The normalized spacial score (nSPS) is 18.3. The van der Waals surface area contributed by atoms with Crippen LogP contribution in [0.2, 0.25) is 0 Å². The zero-order valence-corrected chi connectivity index (χ0v) is 23.9. The van der Waals surface area contributed by atoms with E-state index < -0.39 is 24.9 Å². The van der Waals surface area contributed by atoms with E-state index >= 15 is 0 Å². The molecule has 1 aliphatic heterocycles. The summed E-state index contributed by atoms with van der Waals surface area (Å²) in [6.07, 6.45) is -2.95. The number of benzene rings is 2. The number of alkyl halides is 4. The van der Waals surface area contributed by atoms with Crippen LogP contribution >= 0.6 is 23.1 Å². The van der Waals surface area contributed by atoms with E-state index in [-0.39, 0.29) is 0 Å². The van der Waals surface area contributed by atoms with Crippen LogP contribution in [0.1, 0.15) is 11.4 Å². The van der Waals surface area contributed by atoms with Gasteiger partial charge in [-0.3, -0.25) is 0 Å². The fourth-order valence-corrected chi connectivity index (χ4v) is 6.13. The van der Waals surface area contributed by atoms with E-state index in [4.69, 9.17) is 4.74 Å².